The molecule has 0 bridgehead atoms. The summed E-state index contributed by atoms with van der Waals surface area (Å²) in [5.41, 5.74) is 17.2. The van der Waals surface area contributed by atoms with E-state index in [0.717, 1.165) is 44.2 Å². The molecule has 5 nitrogen and oxygen atoms in total. The van der Waals surface area contributed by atoms with Gasteiger partial charge in [0.25, 0.3) is 0 Å². The molecule has 2 aliphatic heterocycles. The number of fused-ring (bicyclic) bond motifs is 5. The second kappa shape index (κ2) is 15.7. The molecule has 0 saturated carbocycles. The van der Waals surface area contributed by atoms with Crippen LogP contribution in [0.4, 0.5) is 22.7 Å². The molecule has 2 aromatic heterocycles. The number of aromatic nitrogens is 2. The zero-order chi connectivity index (χ0) is 43.7. The average molecular weight is 949 g/mol. The minimum Gasteiger partial charge on any atom is -0.0622 e. The number of ether oxygens (including phenoxy) is 1. The van der Waals surface area contributed by atoms with Crippen LogP contribution in [0.25, 0.3) is 49.9 Å². The predicted molar refractivity (Wildman–Crippen MR) is 269 cm³/mol. The molecule has 11 rings (SSSR count). The van der Waals surface area contributed by atoms with Gasteiger partial charge >= 0.3 is 199 Å². The fraction of sp³-hybridized carbons (Fsp3) is 0.190. The van der Waals surface area contributed by atoms with Gasteiger partial charge in [0, 0.05) is 11.1 Å². The number of para-hydroxylation sites is 3. The predicted octanol–water partition coefficient (Wildman–Crippen LogP) is 14.9. The molecule has 9 aromatic rings. The standard InChI is InChI=1S/C58H52N4OTe/c1-57(2,3)40-30-46(38-18-9-7-10-19-38)56(47(31-40)39-20-11-8-12-21-39)61-37-60(52-26-15-16-27-53(52)61)41-22-17-23-42(32-41)63-43-28-29-45-44-24-13-14-25-51(44)62(54(45)33-43)55-34-49(58(4,5)6)48-35-64-36-50(48)59-55/h7-34H,35-37H2,1-6H3. The topological polar surface area (TPSA) is 33.5 Å². The normalized spacial score (nSPS) is 13.8. The first-order valence-corrected chi connectivity index (χ1v) is 25.7. The van der Waals surface area contributed by atoms with Gasteiger partial charge in [-0.25, -0.2) is 0 Å². The minimum absolute atomic E-state index is 0.0370. The Morgan fingerprint density at radius 2 is 1.16 bits per heavy atom. The van der Waals surface area contributed by atoms with Crippen LogP contribution in [0.3, 0.4) is 0 Å². The van der Waals surface area contributed by atoms with Gasteiger partial charge in [-0.2, -0.15) is 0 Å². The molecule has 0 fully saturated rings. The molecule has 64 heavy (non-hydrogen) atoms. The Bertz CT molecular complexity index is 3170. The Labute approximate surface area is 387 Å². The molecule has 2 aliphatic rings. The molecule has 0 radical (unpaired) electrons. The van der Waals surface area contributed by atoms with Crippen molar-refractivity contribution in [1.29, 1.82) is 0 Å². The maximum absolute atomic E-state index is 6.86. The summed E-state index contributed by atoms with van der Waals surface area (Å²) in [5.74, 6) is 2.58. The van der Waals surface area contributed by atoms with Gasteiger partial charge in [-0.15, -0.1) is 0 Å². The molecule has 4 heterocycles. The third kappa shape index (κ3) is 7.14. The third-order valence-corrected chi connectivity index (χ3v) is 15.7. The Balaban J connectivity index is 0.994. The molecule has 0 N–H and O–H groups in total. The van der Waals surface area contributed by atoms with Crippen LogP contribution in [0.15, 0.2) is 170 Å². The molecule has 0 amide bonds. The molecule has 316 valence electrons. The first-order valence-electron chi connectivity index (χ1n) is 22.4. The number of pyridine rings is 1. The Morgan fingerprint density at radius 1 is 0.531 bits per heavy atom. The van der Waals surface area contributed by atoms with E-state index in [2.05, 4.69) is 226 Å². The molecule has 6 heteroatoms. The first-order chi connectivity index (χ1) is 31.0. The molecular weight excluding hydrogens is 896 g/mol. The van der Waals surface area contributed by atoms with Crippen molar-refractivity contribution < 1.29 is 4.74 Å². The van der Waals surface area contributed by atoms with Crippen molar-refractivity contribution in [2.24, 2.45) is 0 Å². The average Bonchev–Trinajstić information content (AvgIpc) is 4.03. The largest absolute Gasteiger partial charge is 0.0668 e. The number of nitrogens with zero attached hydrogens (tertiary/aromatic N) is 4. The van der Waals surface area contributed by atoms with Crippen molar-refractivity contribution in [2.75, 3.05) is 16.5 Å². The third-order valence-electron chi connectivity index (χ3n) is 12.9. The molecule has 0 aliphatic carbocycles. The Hall–Kier alpha value is -6.32. The SMILES string of the molecule is CC(C)(C)c1cc(-c2ccccc2)c(N2CN(c3cccc(Oc4ccc5c6ccccc6n(-c6cc(C(C)(C)C)c7c(n6)C[Te]C7)c5c4)c3)c3ccccc32)c(-c2ccccc2)c1. The van der Waals surface area contributed by atoms with Crippen molar-refractivity contribution >= 4 is 65.5 Å². The van der Waals surface area contributed by atoms with Gasteiger partial charge in [-0.3, -0.25) is 0 Å². The summed E-state index contributed by atoms with van der Waals surface area (Å²) in [7, 11) is 0. The molecule has 0 spiro atoms. The second-order valence-electron chi connectivity index (χ2n) is 19.2. The van der Waals surface area contributed by atoms with Crippen molar-refractivity contribution in [2.45, 2.75) is 61.3 Å². The fourth-order valence-electron chi connectivity index (χ4n) is 9.70. The fourth-order valence-corrected chi connectivity index (χ4v) is 12.7. The van der Waals surface area contributed by atoms with E-state index < -0.39 is 0 Å². The van der Waals surface area contributed by atoms with Gasteiger partial charge in [0.05, 0.1) is 17.1 Å². The molecule has 7 aromatic carbocycles. The quantitative estimate of drug-likeness (QED) is 0.149. The number of benzene rings is 7. The van der Waals surface area contributed by atoms with Gasteiger partial charge in [0.2, 0.25) is 0 Å². The van der Waals surface area contributed by atoms with Gasteiger partial charge < -0.3 is 9.80 Å². The van der Waals surface area contributed by atoms with Crippen LogP contribution in [-0.2, 0) is 19.8 Å². The Kier molecular flexibility index (Phi) is 9.95. The molecule has 0 atom stereocenters. The van der Waals surface area contributed by atoms with Crippen LogP contribution < -0.4 is 14.5 Å². The van der Waals surface area contributed by atoms with Crippen LogP contribution in [0.5, 0.6) is 11.5 Å². The van der Waals surface area contributed by atoms with Gasteiger partial charge in [0.15, 0.2) is 0 Å². The minimum atomic E-state index is -0.0823. The second-order valence-corrected chi connectivity index (χ2v) is 22.0. The van der Waals surface area contributed by atoms with E-state index in [1.807, 2.05) is 0 Å². The summed E-state index contributed by atoms with van der Waals surface area (Å²) >= 11 is -0.0823. The van der Waals surface area contributed by atoms with Crippen LogP contribution >= 0.6 is 0 Å². The van der Waals surface area contributed by atoms with E-state index in [0.29, 0.717) is 6.67 Å². The van der Waals surface area contributed by atoms with Crippen LogP contribution in [-0.4, -0.2) is 37.1 Å². The molecular formula is C58H52N4OTe. The van der Waals surface area contributed by atoms with E-state index in [1.165, 1.54) is 71.3 Å². The monoisotopic (exact) mass is 950 g/mol. The zero-order valence-electron chi connectivity index (χ0n) is 37.4. The van der Waals surface area contributed by atoms with E-state index in [-0.39, 0.29) is 31.8 Å². The Morgan fingerprint density at radius 3 is 1.84 bits per heavy atom. The zero-order valence-corrected chi connectivity index (χ0v) is 39.7. The van der Waals surface area contributed by atoms with E-state index in [4.69, 9.17) is 9.72 Å². The summed E-state index contributed by atoms with van der Waals surface area (Å²) in [6, 6.07) is 61.5. The van der Waals surface area contributed by atoms with Crippen molar-refractivity contribution in [3.8, 4) is 39.6 Å². The van der Waals surface area contributed by atoms with E-state index in [1.54, 1.807) is 0 Å². The maximum atomic E-state index is 6.86. The summed E-state index contributed by atoms with van der Waals surface area (Å²) < 4.78 is 11.6. The number of anilines is 4. The molecule has 0 unspecified atom stereocenters. The van der Waals surface area contributed by atoms with Gasteiger partial charge in [-0.05, 0) is 52.4 Å². The van der Waals surface area contributed by atoms with Gasteiger partial charge in [-0.1, -0.05) is 93.6 Å². The first kappa shape index (κ1) is 40.5. The summed E-state index contributed by atoms with van der Waals surface area (Å²) in [4.78, 5) is 10.3. The number of hydrogen-bond donors (Lipinski definition) is 0. The van der Waals surface area contributed by atoms with Crippen LogP contribution in [0.2, 0.25) is 0 Å². The van der Waals surface area contributed by atoms with Crippen molar-refractivity contribution in [3.63, 3.8) is 0 Å². The molecule has 0 saturated heterocycles. The van der Waals surface area contributed by atoms with Gasteiger partial charge in [0.1, 0.15) is 6.67 Å². The van der Waals surface area contributed by atoms with Crippen LogP contribution in [0, 0.1) is 0 Å². The smallest absolute Gasteiger partial charge is 0.0622 e. The number of hydrogen-bond acceptors (Lipinski definition) is 4. The van der Waals surface area contributed by atoms with Crippen molar-refractivity contribution in [1.82, 2.24) is 9.55 Å². The summed E-state index contributed by atoms with van der Waals surface area (Å²) in [6.07, 6.45) is 0. The van der Waals surface area contributed by atoms with Crippen molar-refractivity contribution in [3.05, 3.63) is 192 Å². The number of rotatable bonds is 7. The van der Waals surface area contributed by atoms with E-state index >= 15 is 0 Å². The summed E-state index contributed by atoms with van der Waals surface area (Å²) in [6.45, 7) is 14.6. The maximum Gasteiger partial charge on any atom is 0.0668 e. The van der Waals surface area contributed by atoms with Crippen LogP contribution in [0.1, 0.15) is 63.9 Å². The summed E-state index contributed by atoms with van der Waals surface area (Å²) in [5, 5.41) is 2.41. The van der Waals surface area contributed by atoms with E-state index in [9.17, 15) is 0 Å².